The lowest BCUT2D eigenvalue weighted by molar-refractivity contribution is -0.00923. The van der Waals surface area contributed by atoms with Gasteiger partial charge in [-0.05, 0) is 32.4 Å². The second-order valence-corrected chi connectivity index (χ2v) is 7.34. The molecule has 6 nitrogen and oxygen atoms in total. The SMILES string of the molecule is CCCOc1c(Cl)cc(C(=O)NCC(C)(C)N2CCOCC2)cc1OC. The number of rotatable bonds is 8. The minimum atomic E-state index is -0.187. The molecule has 26 heavy (non-hydrogen) atoms. The molecule has 1 saturated heterocycles. The van der Waals surface area contributed by atoms with Crippen molar-refractivity contribution in [1.82, 2.24) is 10.2 Å². The van der Waals surface area contributed by atoms with Gasteiger partial charge in [-0.25, -0.2) is 0 Å². The lowest BCUT2D eigenvalue weighted by Crippen LogP contribution is -2.55. The first kappa shape index (κ1) is 20.8. The van der Waals surface area contributed by atoms with Crippen LogP contribution in [0.4, 0.5) is 0 Å². The Bertz CT molecular complexity index is 616. The van der Waals surface area contributed by atoms with Gasteiger partial charge in [0.2, 0.25) is 0 Å². The zero-order valence-electron chi connectivity index (χ0n) is 16.1. The van der Waals surface area contributed by atoms with Crippen LogP contribution in [0.1, 0.15) is 37.6 Å². The number of carbonyl (C=O) groups is 1. The Morgan fingerprint density at radius 3 is 2.65 bits per heavy atom. The van der Waals surface area contributed by atoms with E-state index < -0.39 is 0 Å². The molecule has 1 N–H and O–H groups in total. The van der Waals surface area contributed by atoms with Gasteiger partial charge in [0.05, 0.1) is 32.0 Å². The van der Waals surface area contributed by atoms with Crippen molar-refractivity contribution in [3.8, 4) is 11.5 Å². The fourth-order valence-corrected chi connectivity index (χ4v) is 3.14. The summed E-state index contributed by atoms with van der Waals surface area (Å²) in [4.78, 5) is 14.9. The second-order valence-electron chi connectivity index (χ2n) is 6.93. The van der Waals surface area contributed by atoms with Crippen LogP contribution in [0.2, 0.25) is 5.02 Å². The number of morpholine rings is 1. The Kier molecular flexibility index (Phi) is 7.55. The van der Waals surface area contributed by atoms with Gasteiger partial charge in [0, 0.05) is 30.7 Å². The van der Waals surface area contributed by atoms with Crippen LogP contribution < -0.4 is 14.8 Å². The molecule has 1 fully saturated rings. The number of amides is 1. The summed E-state index contributed by atoms with van der Waals surface area (Å²) < 4.78 is 16.4. The number of carbonyl (C=O) groups excluding carboxylic acids is 1. The smallest absolute Gasteiger partial charge is 0.251 e. The molecule has 0 saturated carbocycles. The highest BCUT2D eigenvalue weighted by atomic mass is 35.5. The van der Waals surface area contributed by atoms with Gasteiger partial charge in [0.25, 0.3) is 5.91 Å². The Labute approximate surface area is 160 Å². The van der Waals surface area contributed by atoms with Crippen LogP contribution in [-0.4, -0.2) is 62.9 Å². The molecule has 146 valence electrons. The average molecular weight is 385 g/mol. The Morgan fingerprint density at radius 1 is 1.35 bits per heavy atom. The molecule has 1 amide bonds. The number of nitrogens with zero attached hydrogens (tertiary/aromatic N) is 1. The fraction of sp³-hybridized carbons (Fsp3) is 0.632. The van der Waals surface area contributed by atoms with Crippen LogP contribution in [0.25, 0.3) is 0 Å². The number of hydrogen-bond donors (Lipinski definition) is 1. The van der Waals surface area contributed by atoms with Gasteiger partial charge in [-0.3, -0.25) is 9.69 Å². The molecular weight excluding hydrogens is 356 g/mol. The van der Waals surface area contributed by atoms with E-state index in [1.165, 1.54) is 7.11 Å². The fourth-order valence-electron chi connectivity index (χ4n) is 2.87. The summed E-state index contributed by atoms with van der Waals surface area (Å²) in [5.41, 5.74) is 0.297. The third-order valence-corrected chi connectivity index (χ3v) is 4.77. The van der Waals surface area contributed by atoms with Gasteiger partial charge in [-0.15, -0.1) is 0 Å². The van der Waals surface area contributed by atoms with Gasteiger partial charge in [-0.2, -0.15) is 0 Å². The lowest BCUT2D eigenvalue weighted by Gasteiger charge is -2.40. The van der Waals surface area contributed by atoms with E-state index in [9.17, 15) is 4.79 Å². The number of halogens is 1. The molecule has 0 bridgehead atoms. The molecule has 0 unspecified atom stereocenters. The molecule has 1 aromatic rings. The molecule has 1 aliphatic rings. The monoisotopic (exact) mass is 384 g/mol. The Balaban J connectivity index is 2.05. The maximum atomic E-state index is 12.6. The predicted octanol–water partition coefficient (Wildman–Crippen LogP) is 2.98. The number of nitrogens with one attached hydrogen (secondary N) is 1. The van der Waals surface area contributed by atoms with Gasteiger partial charge in [0.1, 0.15) is 0 Å². The lowest BCUT2D eigenvalue weighted by atomic mass is 10.0. The molecule has 0 aliphatic carbocycles. The van der Waals surface area contributed by atoms with E-state index in [1.807, 2.05) is 6.92 Å². The molecule has 1 heterocycles. The van der Waals surface area contributed by atoms with E-state index >= 15 is 0 Å². The van der Waals surface area contributed by atoms with E-state index in [0.717, 1.165) is 32.7 Å². The van der Waals surface area contributed by atoms with Gasteiger partial charge < -0.3 is 19.5 Å². The minimum absolute atomic E-state index is 0.155. The van der Waals surface area contributed by atoms with Crippen LogP contribution >= 0.6 is 11.6 Å². The molecular formula is C19H29ClN2O4. The first-order valence-corrected chi connectivity index (χ1v) is 9.38. The summed E-state index contributed by atoms with van der Waals surface area (Å²) in [5.74, 6) is 0.748. The number of ether oxygens (including phenoxy) is 3. The summed E-state index contributed by atoms with van der Waals surface area (Å²) in [6, 6.07) is 3.28. The van der Waals surface area contributed by atoms with Crippen LogP contribution in [0, 0.1) is 0 Å². The van der Waals surface area contributed by atoms with E-state index in [4.69, 9.17) is 25.8 Å². The van der Waals surface area contributed by atoms with Gasteiger partial charge >= 0.3 is 0 Å². The largest absolute Gasteiger partial charge is 0.493 e. The molecule has 7 heteroatoms. The zero-order chi connectivity index (χ0) is 19.2. The van der Waals surface area contributed by atoms with Crippen molar-refractivity contribution in [3.05, 3.63) is 22.7 Å². The van der Waals surface area contributed by atoms with Crippen molar-refractivity contribution in [3.63, 3.8) is 0 Å². The number of hydrogen-bond acceptors (Lipinski definition) is 5. The minimum Gasteiger partial charge on any atom is -0.493 e. The maximum Gasteiger partial charge on any atom is 0.251 e. The van der Waals surface area contributed by atoms with Crippen molar-refractivity contribution in [2.45, 2.75) is 32.7 Å². The molecule has 0 radical (unpaired) electrons. The second kappa shape index (κ2) is 9.44. The summed E-state index contributed by atoms with van der Waals surface area (Å²) in [6.07, 6.45) is 0.859. The maximum absolute atomic E-state index is 12.6. The third kappa shape index (κ3) is 5.25. The molecule has 2 rings (SSSR count). The molecule has 1 aromatic carbocycles. The molecule has 0 aromatic heterocycles. The summed E-state index contributed by atoms with van der Waals surface area (Å²) in [7, 11) is 1.54. The molecule has 0 atom stereocenters. The van der Waals surface area contributed by atoms with Crippen LogP contribution in [0.3, 0.4) is 0 Å². The predicted molar refractivity (Wildman–Crippen MR) is 103 cm³/mol. The van der Waals surface area contributed by atoms with E-state index in [0.29, 0.717) is 35.2 Å². The van der Waals surface area contributed by atoms with Gasteiger partial charge in [0.15, 0.2) is 11.5 Å². The first-order chi connectivity index (χ1) is 12.4. The average Bonchev–Trinajstić information content (AvgIpc) is 2.65. The van der Waals surface area contributed by atoms with Crippen LogP contribution in [0.15, 0.2) is 12.1 Å². The summed E-state index contributed by atoms with van der Waals surface area (Å²) in [5, 5.41) is 3.37. The van der Waals surface area contributed by atoms with Crippen molar-refractivity contribution in [2.75, 3.05) is 46.6 Å². The molecule has 1 aliphatic heterocycles. The van der Waals surface area contributed by atoms with Crippen molar-refractivity contribution >= 4 is 17.5 Å². The highest BCUT2D eigenvalue weighted by Gasteiger charge is 2.29. The third-order valence-electron chi connectivity index (χ3n) is 4.49. The Hall–Kier alpha value is -1.50. The van der Waals surface area contributed by atoms with Crippen molar-refractivity contribution < 1.29 is 19.0 Å². The van der Waals surface area contributed by atoms with Crippen molar-refractivity contribution in [1.29, 1.82) is 0 Å². The van der Waals surface area contributed by atoms with Gasteiger partial charge in [-0.1, -0.05) is 18.5 Å². The van der Waals surface area contributed by atoms with E-state index in [-0.39, 0.29) is 11.4 Å². The van der Waals surface area contributed by atoms with E-state index in [2.05, 4.69) is 24.1 Å². The standard InChI is InChI=1S/C19H29ClN2O4/c1-5-8-26-17-15(20)11-14(12-16(17)24-4)18(23)21-13-19(2,3)22-6-9-25-10-7-22/h11-12H,5-10,13H2,1-4H3,(H,21,23). The normalized spacial score (nSPS) is 15.6. The highest BCUT2D eigenvalue weighted by molar-refractivity contribution is 6.32. The van der Waals surface area contributed by atoms with Crippen LogP contribution in [0.5, 0.6) is 11.5 Å². The van der Waals surface area contributed by atoms with Crippen molar-refractivity contribution in [2.24, 2.45) is 0 Å². The molecule has 0 spiro atoms. The number of methoxy groups -OCH3 is 1. The summed E-state index contributed by atoms with van der Waals surface area (Å²) >= 11 is 6.30. The van der Waals surface area contributed by atoms with E-state index in [1.54, 1.807) is 12.1 Å². The quantitative estimate of drug-likeness (QED) is 0.746. The topological polar surface area (TPSA) is 60.0 Å². The first-order valence-electron chi connectivity index (χ1n) is 9.00. The zero-order valence-corrected chi connectivity index (χ0v) is 16.8. The Morgan fingerprint density at radius 2 is 2.04 bits per heavy atom. The highest BCUT2D eigenvalue weighted by Crippen LogP contribution is 2.36. The summed E-state index contributed by atoms with van der Waals surface area (Å²) in [6.45, 7) is 10.5. The number of benzene rings is 1. The van der Waals surface area contributed by atoms with Crippen LogP contribution in [-0.2, 0) is 4.74 Å².